The summed E-state index contributed by atoms with van der Waals surface area (Å²) in [6.45, 7) is -0.0323. The number of alkyl halides is 3. The van der Waals surface area contributed by atoms with Gasteiger partial charge in [0.2, 0.25) is 0 Å². The summed E-state index contributed by atoms with van der Waals surface area (Å²) in [4.78, 5) is 0. The van der Waals surface area contributed by atoms with Gasteiger partial charge in [0.25, 0.3) is 0 Å². The van der Waals surface area contributed by atoms with Crippen molar-refractivity contribution in [2.24, 2.45) is 5.73 Å². The van der Waals surface area contributed by atoms with Crippen molar-refractivity contribution in [3.8, 4) is 11.5 Å². The monoisotopic (exact) mass is 221 g/mol. The van der Waals surface area contributed by atoms with Crippen molar-refractivity contribution in [1.29, 1.82) is 0 Å². The lowest BCUT2D eigenvalue weighted by atomic mass is 10.2. The van der Waals surface area contributed by atoms with Gasteiger partial charge in [-0.15, -0.1) is 13.2 Å². The van der Waals surface area contributed by atoms with Gasteiger partial charge in [-0.25, -0.2) is 0 Å². The first kappa shape index (κ1) is 11.6. The molecule has 2 N–H and O–H groups in total. The zero-order valence-corrected chi connectivity index (χ0v) is 7.97. The molecule has 0 aliphatic carbocycles. The lowest BCUT2D eigenvalue weighted by Crippen LogP contribution is -2.18. The molecule has 0 aliphatic rings. The zero-order chi connectivity index (χ0) is 11.5. The molecular formula is C9H10F3NO2. The number of methoxy groups -OCH3 is 1. The highest BCUT2D eigenvalue weighted by Crippen LogP contribution is 2.29. The van der Waals surface area contributed by atoms with E-state index in [0.29, 0.717) is 0 Å². The van der Waals surface area contributed by atoms with Gasteiger partial charge in [0.1, 0.15) is 11.5 Å². The Balaban J connectivity index is 3.01. The number of hydrogen-bond acceptors (Lipinski definition) is 3. The predicted molar refractivity (Wildman–Crippen MR) is 47.6 cm³/mol. The summed E-state index contributed by atoms with van der Waals surface area (Å²) in [6, 6.07) is 4.10. The minimum Gasteiger partial charge on any atom is -0.497 e. The van der Waals surface area contributed by atoms with E-state index in [9.17, 15) is 13.2 Å². The van der Waals surface area contributed by atoms with Crippen molar-refractivity contribution in [2.75, 3.05) is 7.11 Å². The van der Waals surface area contributed by atoms with E-state index in [1.807, 2.05) is 0 Å². The first-order chi connectivity index (χ1) is 6.96. The molecule has 1 aromatic rings. The first-order valence-electron chi connectivity index (χ1n) is 4.09. The maximum absolute atomic E-state index is 12.0. The molecule has 0 fully saturated rings. The molecule has 1 rings (SSSR count). The molecule has 0 saturated heterocycles. The van der Waals surface area contributed by atoms with Gasteiger partial charge in [0.05, 0.1) is 7.11 Å². The number of halogens is 3. The average molecular weight is 221 g/mol. The topological polar surface area (TPSA) is 44.5 Å². The number of rotatable bonds is 3. The van der Waals surface area contributed by atoms with Crippen molar-refractivity contribution in [1.82, 2.24) is 0 Å². The van der Waals surface area contributed by atoms with Crippen LogP contribution < -0.4 is 15.2 Å². The summed E-state index contributed by atoms with van der Waals surface area (Å²) < 4.78 is 44.6. The molecule has 0 aromatic heterocycles. The highest BCUT2D eigenvalue weighted by molar-refractivity contribution is 5.40. The summed E-state index contributed by atoms with van der Waals surface area (Å²) in [7, 11) is 1.36. The summed E-state index contributed by atoms with van der Waals surface area (Å²) in [5.74, 6) is -0.0456. The van der Waals surface area contributed by atoms with Crippen molar-refractivity contribution in [3.63, 3.8) is 0 Å². The van der Waals surface area contributed by atoms with Crippen LogP contribution in [0, 0.1) is 0 Å². The summed E-state index contributed by atoms with van der Waals surface area (Å²) in [5.41, 5.74) is 5.54. The quantitative estimate of drug-likeness (QED) is 0.849. The van der Waals surface area contributed by atoms with E-state index >= 15 is 0 Å². The first-order valence-corrected chi connectivity index (χ1v) is 4.09. The van der Waals surface area contributed by atoms with Crippen molar-refractivity contribution in [2.45, 2.75) is 12.9 Å². The van der Waals surface area contributed by atoms with Crippen LogP contribution in [0.15, 0.2) is 18.2 Å². The largest absolute Gasteiger partial charge is 0.573 e. The Hall–Kier alpha value is -1.43. The lowest BCUT2D eigenvalue weighted by Gasteiger charge is -2.13. The van der Waals surface area contributed by atoms with Gasteiger partial charge in [0, 0.05) is 18.2 Å². The van der Waals surface area contributed by atoms with Crippen LogP contribution in [-0.4, -0.2) is 13.5 Å². The van der Waals surface area contributed by atoms with Gasteiger partial charge in [0.15, 0.2) is 0 Å². The second-order valence-corrected chi connectivity index (χ2v) is 2.73. The van der Waals surface area contributed by atoms with Gasteiger partial charge in [-0.3, -0.25) is 0 Å². The minimum absolute atomic E-state index is 0.0323. The molecule has 15 heavy (non-hydrogen) atoms. The Bertz CT molecular complexity index is 339. The minimum atomic E-state index is -4.73. The van der Waals surface area contributed by atoms with E-state index in [1.165, 1.54) is 19.2 Å². The van der Waals surface area contributed by atoms with E-state index in [-0.39, 0.29) is 23.6 Å². The van der Waals surface area contributed by atoms with Crippen molar-refractivity contribution < 1.29 is 22.6 Å². The molecule has 0 saturated carbocycles. The Morgan fingerprint density at radius 3 is 2.47 bits per heavy atom. The summed E-state index contributed by atoms with van der Waals surface area (Å²) >= 11 is 0. The smallest absolute Gasteiger partial charge is 0.497 e. The molecule has 0 amide bonds. The van der Waals surface area contributed by atoms with Crippen LogP contribution in [0.2, 0.25) is 0 Å². The van der Waals surface area contributed by atoms with Crippen LogP contribution in [0.5, 0.6) is 11.5 Å². The van der Waals surface area contributed by atoms with Crippen molar-refractivity contribution in [3.05, 3.63) is 23.8 Å². The highest BCUT2D eigenvalue weighted by atomic mass is 19.4. The van der Waals surface area contributed by atoms with Crippen LogP contribution in [-0.2, 0) is 6.54 Å². The zero-order valence-electron chi connectivity index (χ0n) is 7.97. The number of ether oxygens (including phenoxy) is 2. The molecule has 0 bridgehead atoms. The molecule has 0 unspecified atom stereocenters. The van der Waals surface area contributed by atoms with Gasteiger partial charge >= 0.3 is 6.36 Å². The molecule has 0 heterocycles. The summed E-state index contributed by atoms with van der Waals surface area (Å²) in [6.07, 6.45) is -4.73. The predicted octanol–water partition coefficient (Wildman–Crippen LogP) is 2.05. The fraction of sp³-hybridized carbons (Fsp3) is 0.333. The Labute approximate surface area is 84.6 Å². The average Bonchev–Trinajstić information content (AvgIpc) is 2.15. The van der Waals surface area contributed by atoms with Gasteiger partial charge in [-0.2, -0.15) is 0 Å². The third kappa shape index (κ3) is 3.32. The Kier molecular flexibility index (Phi) is 3.41. The second kappa shape index (κ2) is 4.39. The van der Waals surface area contributed by atoms with Gasteiger partial charge in [-0.05, 0) is 6.07 Å². The second-order valence-electron chi connectivity index (χ2n) is 2.73. The van der Waals surface area contributed by atoms with Crippen LogP contribution in [0.4, 0.5) is 13.2 Å². The number of benzene rings is 1. The lowest BCUT2D eigenvalue weighted by molar-refractivity contribution is -0.274. The third-order valence-corrected chi connectivity index (χ3v) is 1.72. The molecular weight excluding hydrogens is 211 g/mol. The van der Waals surface area contributed by atoms with E-state index in [0.717, 1.165) is 6.07 Å². The molecule has 6 heteroatoms. The SMILES string of the molecule is COc1ccc(CN)c(OC(F)(F)F)c1. The maximum atomic E-state index is 12.0. The number of nitrogens with two attached hydrogens (primary N) is 1. The number of hydrogen-bond donors (Lipinski definition) is 1. The molecule has 0 aliphatic heterocycles. The standard InChI is InChI=1S/C9H10F3NO2/c1-14-7-3-2-6(5-13)8(4-7)15-9(10,11)12/h2-4H,5,13H2,1H3. The fourth-order valence-electron chi connectivity index (χ4n) is 1.05. The normalized spacial score (nSPS) is 11.3. The van der Waals surface area contributed by atoms with Gasteiger partial charge < -0.3 is 15.2 Å². The molecule has 0 atom stereocenters. The molecule has 1 aromatic carbocycles. The summed E-state index contributed by atoms with van der Waals surface area (Å²) in [5, 5.41) is 0. The van der Waals surface area contributed by atoms with Crippen molar-refractivity contribution >= 4 is 0 Å². The Morgan fingerprint density at radius 2 is 2.00 bits per heavy atom. The van der Waals surface area contributed by atoms with Crippen LogP contribution >= 0.6 is 0 Å². The molecule has 0 radical (unpaired) electrons. The van der Waals surface area contributed by atoms with E-state index in [1.54, 1.807) is 0 Å². The Morgan fingerprint density at radius 1 is 1.33 bits per heavy atom. The van der Waals surface area contributed by atoms with Crippen LogP contribution in [0.25, 0.3) is 0 Å². The van der Waals surface area contributed by atoms with Crippen LogP contribution in [0.1, 0.15) is 5.56 Å². The van der Waals surface area contributed by atoms with E-state index in [2.05, 4.69) is 4.74 Å². The molecule has 0 spiro atoms. The molecule has 3 nitrogen and oxygen atoms in total. The fourth-order valence-corrected chi connectivity index (χ4v) is 1.05. The van der Waals surface area contributed by atoms with Crippen LogP contribution in [0.3, 0.4) is 0 Å². The van der Waals surface area contributed by atoms with E-state index < -0.39 is 6.36 Å². The molecule has 84 valence electrons. The van der Waals surface area contributed by atoms with E-state index in [4.69, 9.17) is 10.5 Å². The maximum Gasteiger partial charge on any atom is 0.573 e. The highest BCUT2D eigenvalue weighted by Gasteiger charge is 2.32. The third-order valence-electron chi connectivity index (χ3n) is 1.72. The van der Waals surface area contributed by atoms with Gasteiger partial charge in [-0.1, -0.05) is 6.07 Å².